The quantitative estimate of drug-likeness (QED) is 0.615. The summed E-state index contributed by atoms with van der Waals surface area (Å²) in [6.45, 7) is 0.826. The molecule has 3 rings (SSSR count). The molecule has 2 aromatic heterocycles. The van der Waals surface area contributed by atoms with Gasteiger partial charge in [-0.15, -0.1) is 11.3 Å². The van der Waals surface area contributed by atoms with Crippen LogP contribution in [-0.2, 0) is 9.53 Å². The van der Waals surface area contributed by atoms with E-state index in [1.165, 1.54) is 22.5 Å². The molecule has 0 fully saturated rings. The zero-order valence-electron chi connectivity index (χ0n) is 13.1. The van der Waals surface area contributed by atoms with E-state index in [4.69, 9.17) is 9.15 Å². The molecular weight excluding hydrogens is 330 g/mol. The second-order valence-electron chi connectivity index (χ2n) is 5.33. The first-order valence-electron chi connectivity index (χ1n) is 7.49. The molecule has 126 valence electrons. The van der Waals surface area contributed by atoms with E-state index in [-0.39, 0.29) is 11.4 Å². The number of carbonyl (C=O) groups is 2. The molecule has 0 saturated heterocycles. The van der Waals surface area contributed by atoms with Crippen molar-refractivity contribution >= 4 is 23.0 Å². The second kappa shape index (κ2) is 7.02. The molecule has 1 aliphatic rings. The molecule has 0 radical (unpaired) electrons. The Labute approximate surface area is 143 Å². The van der Waals surface area contributed by atoms with Gasteiger partial charge in [-0.1, -0.05) is 6.07 Å². The maximum absolute atomic E-state index is 12.8. The predicted octanol–water partition coefficient (Wildman–Crippen LogP) is 2.96. The van der Waals surface area contributed by atoms with E-state index in [9.17, 15) is 14.7 Å². The van der Waals surface area contributed by atoms with Crippen molar-refractivity contribution in [2.24, 2.45) is 0 Å². The standard InChI is InChI=1S/C17H17NO5S/c1-22-8-4-7-18-14(11-5-2-9-23-11)13(16(20)17(18)21)15(19)12-6-3-10-24-12/h2-3,5-6,9-10,14,20H,4,7-8H2,1H3. The van der Waals surface area contributed by atoms with Crippen LogP contribution in [0.3, 0.4) is 0 Å². The summed E-state index contributed by atoms with van der Waals surface area (Å²) in [5.74, 6) is -0.976. The topological polar surface area (TPSA) is 80.0 Å². The molecule has 3 heterocycles. The smallest absolute Gasteiger partial charge is 0.290 e. The van der Waals surface area contributed by atoms with E-state index in [0.717, 1.165) is 0 Å². The van der Waals surface area contributed by atoms with Gasteiger partial charge in [0.2, 0.25) is 5.78 Å². The van der Waals surface area contributed by atoms with E-state index in [1.54, 1.807) is 36.8 Å². The van der Waals surface area contributed by atoms with E-state index in [2.05, 4.69) is 0 Å². The summed E-state index contributed by atoms with van der Waals surface area (Å²) in [6, 6.07) is 6.09. The first-order chi connectivity index (χ1) is 11.6. The number of furan rings is 1. The van der Waals surface area contributed by atoms with Crippen LogP contribution in [0.25, 0.3) is 0 Å². The van der Waals surface area contributed by atoms with Crippen molar-refractivity contribution in [2.75, 3.05) is 20.3 Å². The van der Waals surface area contributed by atoms with Crippen molar-refractivity contribution < 1.29 is 23.8 Å². The van der Waals surface area contributed by atoms with Gasteiger partial charge in [0.25, 0.3) is 5.91 Å². The average Bonchev–Trinajstić information content (AvgIpc) is 3.31. The SMILES string of the molecule is COCCCN1C(=O)C(O)=C(C(=O)c2cccs2)C1c1ccco1. The fourth-order valence-electron chi connectivity index (χ4n) is 2.78. The number of nitrogens with zero attached hydrogens (tertiary/aromatic N) is 1. The first kappa shape index (κ1) is 16.5. The molecule has 1 unspecified atom stereocenters. The lowest BCUT2D eigenvalue weighted by molar-refractivity contribution is -0.129. The summed E-state index contributed by atoms with van der Waals surface area (Å²) in [6.07, 6.45) is 2.07. The maximum atomic E-state index is 12.8. The normalized spacial score (nSPS) is 17.8. The van der Waals surface area contributed by atoms with Gasteiger partial charge in [-0.3, -0.25) is 9.59 Å². The highest BCUT2D eigenvalue weighted by Crippen LogP contribution is 2.39. The molecule has 1 amide bonds. The molecule has 6 nitrogen and oxygen atoms in total. The van der Waals surface area contributed by atoms with Crippen LogP contribution in [-0.4, -0.2) is 42.0 Å². The number of amides is 1. The summed E-state index contributed by atoms with van der Waals surface area (Å²) in [5, 5.41) is 12.1. The molecule has 0 spiro atoms. The number of ether oxygens (including phenoxy) is 1. The predicted molar refractivity (Wildman–Crippen MR) is 88.0 cm³/mol. The van der Waals surface area contributed by atoms with Crippen molar-refractivity contribution in [1.29, 1.82) is 0 Å². The third-order valence-corrected chi connectivity index (χ3v) is 4.72. The fourth-order valence-corrected chi connectivity index (χ4v) is 3.46. The molecule has 0 bridgehead atoms. The van der Waals surface area contributed by atoms with Gasteiger partial charge in [0.15, 0.2) is 5.76 Å². The van der Waals surface area contributed by atoms with Gasteiger partial charge in [0.05, 0.1) is 16.7 Å². The lowest BCUT2D eigenvalue weighted by atomic mass is 10.00. The van der Waals surface area contributed by atoms with Gasteiger partial charge in [0.1, 0.15) is 11.8 Å². The Bertz CT molecular complexity index is 748. The maximum Gasteiger partial charge on any atom is 0.290 e. The van der Waals surface area contributed by atoms with Gasteiger partial charge >= 0.3 is 0 Å². The molecule has 2 aromatic rings. The zero-order chi connectivity index (χ0) is 17.1. The molecule has 7 heteroatoms. The monoisotopic (exact) mass is 347 g/mol. The van der Waals surface area contributed by atoms with Crippen LogP contribution in [0.15, 0.2) is 51.7 Å². The van der Waals surface area contributed by atoms with Gasteiger partial charge in [-0.05, 0) is 30.0 Å². The minimum atomic E-state index is -0.723. The minimum absolute atomic E-state index is 0.0646. The van der Waals surface area contributed by atoms with Crippen LogP contribution in [0.1, 0.15) is 27.9 Å². The number of methoxy groups -OCH3 is 1. The van der Waals surface area contributed by atoms with Crippen LogP contribution < -0.4 is 0 Å². The zero-order valence-corrected chi connectivity index (χ0v) is 13.9. The number of hydrogen-bond acceptors (Lipinski definition) is 6. The highest BCUT2D eigenvalue weighted by Gasteiger charge is 2.45. The Kier molecular flexibility index (Phi) is 4.82. The van der Waals surface area contributed by atoms with Crippen LogP contribution in [0.4, 0.5) is 0 Å². The van der Waals surface area contributed by atoms with Crippen LogP contribution in [0.5, 0.6) is 0 Å². The molecule has 1 aliphatic heterocycles. The lowest BCUT2D eigenvalue weighted by Crippen LogP contribution is -2.32. The molecule has 1 N–H and O–H groups in total. The largest absolute Gasteiger partial charge is 0.503 e. The third kappa shape index (κ3) is 2.88. The Morgan fingerprint density at radius 1 is 1.42 bits per heavy atom. The number of ketones is 1. The summed E-state index contributed by atoms with van der Waals surface area (Å²) >= 11 is 1.27. The Balaban J connectivity index is 1.98. The number of hydrogen-bond donors (Lipinski definition) is 1. The van der Waals surface area contributed by atoms with Crippen LogP contribution in [0.2, 0.25) is 0 Å². The first-order valence-corrected chi connectivity index (χ1v) is 8.37. The van der Waals surface area contributed by atoms with E-state index in [1.807, 2.05) is 0 Å². The van der Waals surface area contributed by atoms with Crippen molar-refractivity contribution in [1.82, 2.24) is 4.90 Å². The number of carbonyl (C=O) groups excluding carboxylic acids is 2. The molecule has 24 heavy (non-hydrogen) atoms. The number of thiophene rings is 1. The highest BCUT2D eigenvalue weighted by molar-refractivity contribution is 7.12. The van der Waals surface area contributed by atoms with Gasteiger partial charge in [0, 0.05) is 20.3 Å². The minimum Gasteiger partial charge on any atom is -0.503 e. The second-order valence-corrected chi connectivity index (χ2v) is 6.28. The van der Waals surface area contributed by atoms with Crippen LogP contribution >= 0.6 is 11.3 Å². The fraction of sp³-hybridized carbons (Fsp3) is 0.294. The Morgan fingerprint density at radius 3 is 2.88 bits per heavy atom. The summed E-state index contributed by atoms with van der Waals surface area (Å²) in [4.78, 5) is 27.2. The summed E-state index contributed by atoms with van der Waals surface area (Å²) in [7, 11) is 1.58. The molecule has 0 saturated carbocycles. The number of Topliss-reactive ketones (excluding diaryl/α,β-unsaturated/α-hetero) is 1. The van der Waals surface area contributed by atoms with Crippen molar-refractivity contribution in [3.63, 3.8) is 0 Å². The Hall–Kier alpha value is -2.38. The van der Waals surface area contributed by atoms with E-state index >= 15 is 0 Å². The number of aliphatic hydroxyl groups is 1. The van der Waals surface area contributed by atoms with E-state index in [0.29, 0.717) is 30.2 Å². The number of rotatable bonds is 7. The van der Waals surface area contributed by atoms with Gasteiger partial charge < -0.3 is 19.2 Å². The number of aliphatic hydroxyl groups excluding tert-OH is 1. The third-order valence-electron chi connectivity index (χ3n) is 3.85. The van der Waals surface area contributed by atoms with Crippen molar-refractivity contribution in [3.05, 3.63) is 57.9 Å². The summed E-state index contributed by atoms with van der Waals surface area (Å²) < 4.78 is 10.4. The molecule has 1 atom stereocenters. The molecular formula is C17H17NO5S. The lowest BCUT2D eigenvalue weighted by Gasteiger charge is -2.24. The molecule has 0 aliphatic carbocycles. The van der Waals surface area contributed by atoms with Crippen molar-refractivity contribution in [3.8, 4) is 0 Å². The average molecular weight is 347 g/mol. The molecule has 0 aromatic carbocycles. The Morgan fingerprint density at radius 2 is 2.25 bits per heavy atom. The van der Waals surface area contributed by atoms with Gasteiger partial charge in [-0.2, -0.15) is 0 Å². The van der Waals surface area contributed by atoms with Crippen molar-refractivity contribution in [2.45, 2.75) is 12.5 Å². The van der Waals surface area contributed by atoms with E-state index < -0.39 is 17.7 Å². The van der Waals surface area contributed by atoms with Crippen LogP contribution in [0, 0.1) is 0 Å². The highest BCUT2D eigenvalue weighted by atomic mass is 32.1. The summed E-state index contributed by atoms with van der Waals surface area (Å²) in [5.41, 5.74) is 0.0646. The van der Waals surface area contributed by atoms with Gasteiger partial charge in [-0.25, -0.2) is 0 Å².